The molecule has 2 aliphatic rings. The molecule has 0 saturated heterocycles. The van der Waals surface area contributed by atoms with Crippen LogP contribution in [0.25, 0.3) is 0 Å². The van der Waals surface area contributed by atoms with Crippen molar-refractivity contribution in [1.29, 1.82) is 0 Å². The van der Waals surface area contributed by atoms with Crippen LogP contribution < -0.4 is 0 Å². The number of fused-ring (bicyclic) bond motifs is 2. The van der Waals surface area contributed by atoms with Crippen LogP contribution in [-0.2, 0) is 4.74 Å². The maximum Gasteiger partial charge on any atom is 0.338 e. The summed E-state index contributed by atoms with van der Waals surface area (Å²) in [5, 5.41) is 8.80. The van der Waals surface area contributed by atoms with Crippen LogP contribution in [0.5, 0.6) is 0 Å². The lowest BCUT2D eigenvalue weighted by Gasteiger charge is -2.21. The van der Waals surface area contributed by atoms with Crippen molar-refractivity contribution in [3.8, 4) is 0 Å². The number of carbonyl (C=O) groups excluding carboxylic acids is 1. The van der Waals surface area contributed by atoms with Crippen molar-refractivity contribution in [2.24, 2.45) is 11.8 Å². The van der Waals surface area contributed by atoms with Crippen LogP contribution in [0.4, 0.5) is 0 Å². The highest BCUT2D eigenvalue weighted by Crippen LogP contribution is 2.46. The van der Waals surface area contributed by atoms with E-state index in [1.54, 1.807) is 0 Å². The first-order chi connectivity index (χ1) is 9.13. The fraction of sp³-hybridized carbons (Fsp3) is 0.467. The molecule has 0 spiro atoms. The molecule has 2 bridgehead atoms. The molecule has 3 rings (SSSR count). The number of hydrogen-bond donors (Lipinski definition) is 1. The van der Waals surface area contributed by atoms with E-state index in [-0.39, 0.29) is 17.6 Å². The number of carbonyl (C=O) groups is 2. The molecule has 19 heavy (non-hydrogen) atoms. The van der Waals surface area contributed by atoms with Gasteiger partial charge in [-0.3, -0.25) is 0 Å². The fourth-order valence-electron chi connectivity index (χ4n) is 3.29. The number of benzene rings is 1. The molecule has 100 valence electrons. The minimum absolute atomic E-state index is 0.0606. The topological polar surface area (TPSA) is 63.6 Å². The summed E-state index contributed by atoms with van der Waals surface area (Å²) in [5.41, 5.74) is 0.601. The Labute approximate surface area is 111 Å². The highest BCUT2D eigenvalue weighted by molar-refractivity contribution is 5.92. The molecular weight excluding hydrogens is 244 g/mol. The maximum atomic E-state index is 12.0. The van der Waals surface area contributed by atoms with E-state index in [0.29, 0.717) is 11.5 Å². The molecule has 2 fully saturated rings. The number of ether oxygens (including phenoxy) is 1. The third kappa shape index (κ3) is 2.35. The SMILES string of the molecule is O=C(O)c1ccc(C(=O)OC2CC3CCC2C3)cc1. The molecule has 0 aliphatic heterocycles. The van der Waals surface area contributed by atoms with Gasteiger partial charge < -0.3 is 9.84 Å². The van der Waals surface area contributed by atoms with Crippen LogP contribution in [0.2, 0.25) is 0 Å². The summed E-state index contributed by atoms with van der Waals surface area (Å²) in [6, 6.07) is 5.89. The minimum Gasteiger partial charge on any atom is -0.478 e. The first kappa shape index (κ1) is 12.2. The summed E-state index contributed by atoms with van der Waals surface area (Å²) in [5.74, 6) is -0.0630. The molecular formula is C15H16O4. The summed E-state index contributed by atoms with van der Waals surface area (Å²) in [6.07, 6.45) is 4.68. The molecule has 3 unspecified atom stereocenters. The number of esters is 1. The lowest BCUT2D eigenvalue weighted by atomic mass is 9.98. The van der Waals surface area contributed by atoms with Crippen molar-refractivity contribution in [1.82, 2.24) is 0 Å². The molecule has 4 heteroatoms. The van der Waals surface area contributed by atoms with Gasteiger partial charge in [0, 0.05) is 0 Å². The van der Waals surface area contributed by atoms with Gasteiger partial charge in [-0.1, -0.05) is 0 Å². The second kappa shape index (κ2) is 4.68. The van der Waals surface area contributed by atoms with E-state index < -0.39 is 5.97 Å². The molecule has 1 aromatic rings. The Morgan fingerprint density at radius 3 is 2.26 bits per heavy atom. The lowest BCUT2D eigenvalue weighted by molar-refractivity contribution is 0.0158. The van der Waals surface area contributed by atoms with Gasteiger partial charge in [0.05, 0.1) is 11.1 Å². The number of carboxylic acid groups (broad SMARTS) is 1. The highest BCUT2D eigenvalue weighted by atomic mass is 16.5. The van der Waals surface area contributed by atoms with Crippen LogP contribution in [0.3, 0.4) is 0 Å². The van der Waals surface area contributed by atoms with Gasteiger partial charge in [-0.05, 0) is 61.8 Å². The van der Waals surface area contributed by atoms with E-state index >= 15 is 0 Å². The Hall–Kier alpha value is -1.84. The molecule has 0 aromatic heterocycles. The van der Waals surface area contributed by atoms with Crippen molar-refractivity contribution in [3.05, 3.63) is 35.4 Å². The van der Waals surface area contributed by atoms with Crippen molar-refractivity contribution in [3.63, 3.8) is 0 Å². The van der Waals surface area contributed by atoms with E-state index in [4.69, 9.17) is 9.84 Å². The molecule has 0 heterocycles. The molecule has 0 amide bonds. The first-order valence-corrected chi connectivity index (χ1v) is 6.68. The smallest absolute Gasteiger partial charge is 0.338 e. The molecule has 2 aliphatic carbocycles. The average Bonchev–Trinajstić information content (AvgIpc) is 3.01. The van der Waals surface area contributed by atoms with Gasteiger partial charge in [-0.15, -0.1) is 0 Å². The van der Waals surface area contributed by atoms with E-state index in [2.05, 4.69) is 0 Å². The molecule has 1 aromatic carbocycles. The van der Waals surface area contributed by atoms with Gasteiger partial charge in [0.2, 0.25) is 0 Å². The Balaban J connectivity index is 1.65. The van der Waals surface area contributed by atoms with Gasteiger partial charge in [0.15, 0.2) is 0 Å². The van der Waals surface area contributed by atoms with E-state index in [1.165, 1.54) is 43.5 Å². The average molecular weight is 260 g/mol. The number of aromatic carboxylic acids is 1. The zero-order valence-corrected chi connectivity index (χ0v) is 10.5. The summed E-state index contributed by atoms with van der Waals surface area (Å²) >= 11 is 0. The third-order valence-corrected chi connectivity index (χ3v) is 4.30. The zero-order valence-electron chi connectivity index (χ0n) is 10.5. The standard InChI is InChI=1S/C15H16O4/c16-14(17)10-3-5-11(6-4-10)15(18)19-13-8-9-1-2-12(13)7-9/h3-6,9,12-13H,1-2,7-8H2,(H,16,17). The van der Waals surface area contributed by atoms with Crippen LogP contribution in [0, 0.1) is 11.8 Å². The van der Waals surface area contributed by atoms with Crippen molar-refractivity contribution >= 4 is 11.9 Å². The van der Waals surface area contributed by atoms with E-state index in [9.17, 15) is 9.59 Å². The molecule has 2 saturated carbocycles. The third-order valence-electron chi connectivity index (χ3n) is 4.30. The molecule has 4 nitrogen and oxygen atoms in total. The van der Waals surface area contributed by atoms with E-state index in [0.717, 1.165) is 12.3 Å². The van der Waals surface area contributed by atoms with Crippen LogP contribution >= 0.6 is 0 Å². The Bertz CT molecular complexity index is 505. The minimum atomic E-state index is -0.993. The highest BCUT2D eigenvalue weighted by Gasteiger charge is 2.41. The van der Waals surface area contributed by atoms with Gasteiger partial charge >= 0.3 is 11.9 Å². The van der Waals surface area contributed by atoms with E-state index in [1.807, 2.05) is 0 Å². The van der Waals surface area contributed by atoms with Gasteiger partial charge in [-0.2, -0.15) is 0 Å². The normalized spacial score (nSPS) is 28.3. The molecule has 1 N–H and O–H groups in total. The number of carboxylic acids is 1. The van der Waals surface area contributed by atoms with Crippen molar-refractivity contribution < 1.29 is 19.4 Å². The second-order valence-corrected chi connectivity index (χ2v) is 5.50. The maximum absolute atomic E-state index is 12.0. The summed E-state index contributed by atoms with van der Waals surface area (Å²) in [6.45, 7) is 0. The summed E-state index contributed by atoms with van der Waals surface area (Å²) in [7, 11) is 0. The monoisotopic (exact) mass is 260 g/mol. The Morgan fingerprint density at radius 2 is 1.74 bits per heavy atom. The summed E-state index contributed by atoms with van der Waals surface area (Å²) in [4.78, 5) is 22.7. The zero-order chi connectivity index (χ0) is 13.4. The Kier molecular flexibility index (Phi) is 3.01. The summed E-state index contributed by atoms with van der Waals surface area (Å²) < 4.78 is 5.55. The number of hydrogen-bond acceptors (Lipinski definition) is 3. The molecule has 0 radical (unpaired) electrons. The van der Waals surface area contributed by atoms with Gasteiger partial charge in [-0.25, -0.2) is 9.59 Å². The Morgan fingerprint density at radius 1 is 1.05 bits per heavy atom. The predicted molar refractivity (Wildman–Crippen MR) is 68.1 cm³/mol. The van der Waals surface area contributed by atoms with Crippen LogP contribution in [-0.4, -0.2) is 23.1 Å². The van der Waals surface area contributed by atoms with Gasteiger partial charge in [0.25, 0.3) is 0 Å². The van der Waals surface area contributed by atoms with Crippen LogP contribution in [0.1, 0.15) is 46.4 Å². The van der Waals surface area contributed by atoms with Crippen molar-refractivity contribution in [2.45, 2.75) is 31.8 Å². The lowest BCUT2D eigenvalue weighted by Crippen LogP contribution is -2.24. The second-order valence-electron chi connectivity index (χ2n) is 5.50. The van der Waals surface area contributed by atoms with Crippen LogP contribution in [0.15, 0.2) is 24.3 Å². The number of rotatable bonds is 3. The quantitative estimate of drug-likeness (QED) is 0.849. The first-order valence-electron chi connectivity index (χ1n) is 6.68. The predicted octanol–water partition coefficient (Wildman–Crippen LogP) is 2.73. The molecule has 3 atom stereocenters. The fourth-order valence-corrected chi connectivity index (χ4v) is 3.29. The van der Waals surface area contributed by atoms with Crippen molar-refractivity contribution in [2.75, 3.05) is 0 Å². The van der Waals surface area contributed by atoms with Gasteiger partial charge in [0.1, 0.15) is 6.10 Å². The largest absolute Gasteiger partial charge is 0.478 e.